The van der Waals surface area contributed by atoms with Gasteiger partial charge in [0, 0.05) is 12.2 Å². The molecule has 0 bridgehead atoms. The fourth-order valence-electron chi connectivity index (χ4n) is 2.71. The molecule has 132 valence electrons. The smallest absolute Gasteiger partial charge is 0.275 e. The third kappa shape index (κ3) is 4.45. The summed E-state index contributed by atoms with van der Waals surface area (Å²) < 4.78 is 0. The van der Waals surface area contributed by atoms with Gasteiger partial charge in [-0.25, -0.2) is 9.97 Å². The first-order chi connectivity index (χ1) is 12.6. The number of carbonyl (C=O) groups excluding carboxylic acids is 1. The zero-order valence-electron chi connectivity index (χ0n) is 15.0. The summed E-state index contributed by atoms with van der Waals surface area (Å²) in [6.07, 6.45) is 3.98. The van der Waals surface area contributed by atoms with Crippen LogP contribution in [0.15, 0.2) is 60.9 Å². The summed E-state index contributed by atoms with van der Waals surface area (Å²) in [6, 6.07) is 16.1. The van der Waals surface area contributed by atoms with Crippen LogP contribution in [0.25, 0.3) is 0 Å². The number of hydrogen-bond donors (Lipinski definition) is 2. The average Bonchev–Trinajstić information content (AvgIpc) is 2.66. The maximum absolute atomic E-state index is 12.4. The van der Waals surface area contributed by atoms with Gasteiger partial charge in [0.05, 0.1) is 12.4 Å². The van der Waals surface area contributed by atoms with Crippen molar-refractivity contribution in [2.24, 2.45) is 0 Å². The monoisotopic (exact) mass is 346 g/mol. The fraction of sp³-hybridized carbons (Fsp3) is 0.190. The summed E-state index contributed by atoms with van der Waals surface area (Å²) in [6.45, 7) is 4.69. The molecule has 0 aliphatic rings. The molecule has 1 heterocycles. The summed E-state index contributed by atoms with van der Waals surface area (Å²) in [5.41, 5.74) is 4.42. The molecule has 5 heteroatoms. The summed E-state index contributed by atoms with van der Waals surface area (Å²) >= 11 is 0. The minimum Gasteiger partial charge on any atom is -0.368 e. The van der Waals surface area contributed by atoms with Crippen molar-refractivity contribution in [1.82, 2.24) is 9.97 Å². The Balaban J connectivity index is 1.57. The third-order valence-corrected chi connectivity index (χ3v) is 4.17. The molecule has 0 atom stereocenters. The largest absolute Gasteiger partial charge is 0.368 e. The Bertz CT molecular complexity index is 856. The minimum atomic E-state index is -0.259. The minimum absolute atomic E-state index is 0.259. The van der Waals surface area contributed by atoms with Gasteiger partial charge in [0.25, 0.3) is 5.91 Å². The Labute approximate surface area is 153 Å². The number of nitrogens with zero attached hydrogens (tertiary/aromatic N) is 2. The van der Waals surface area contributed by atoms with Crippen LogP contribution in [0.5, 0.6) is 0 Å². The number of aromatic nitrogens is 2. The Morgan fingerprint density at radius 1 is 0.923 bits per heavy atom. The molecule has 26 heavy (non-hydrogen) atoms. The second kappa shape index (κ2) is 8.25. The highest BCUT2D eigenvalue weighted by Gasteiger charge is 2.11. The van der Waals surface area contributed by atoms with Gasteiger partial charge in [-0.1, -0.05) is 48.5 Å². The Hall–Kier alpha value is -3.21. The van der Waals surface area contributed by atoms with E-state index in [0.717, 1.165) is 29.8 Å². The first-order valence-corrected chi connectivity index (χ1v) is 8.61. The zero-order valence-corrected chi connectivity index (χ0v) is 15.0. The van der Waals surface area contributed by atoms with Crippen molar-refractivity contribution < 1.29 is 4.79 Å². The molecule has 2 N–H and O–H groups in total. The van der Waals surface area contributed by atoms with Crippen molar-refractivity contribution >= 4 is 17.4 Å². The van der Waals surface area contributed by atoms with E-state index in [1.807, 2.05) is 50.2 Å². The topological polar surface area (TPSA) is 66.9 Å². The second-order valence-corrected chi connectivity index (χ2v) is 6.17. The second-order valence-electron chi connectivity index (χ2n) is 6.17. The summed E-state index contributed by atoms with van der Waals surface area (Å²) in [5, 5.41) is 6.14. The quantitative estimate of drug-likeness (QED) is 0.708. The van der Waals surface area contributed by atoms with Crippen LogP contribution in [-0.4, -0.2) is 22.4 Å². The van der Waals surface area contributed by atoms with Gasteiger partial charge < -0.3 is 10.6 Å². The number of amides is 1. The highest BCUT2D eigenvalue weighted by molar-refractivity contribution is 6.03. The van der Waals surface area contributed by atoms with Crippen molar-refractivity contribution in [2.45, 2.75) is 20.3 Å². The molecule has 0 radical (unpaired) electrons. The van der Waals surface area contributed by atoms with Gasteiger partial charge in [-0.15, -0.1) is 0 Å². The summed E-state index contributed by atoms with van der Waals surface area (Å²) in [4.78, 5) is 20.9. The van der Waals surface area contributed by atoms with E-state index < -0.39 is 0 Å². The van der Waals surface area contributed by atoms with Gasteiger partial charge in [0.15, 0.2) is 0 Å². The molecule has 0 saturated carbocycles. The van der Waals surface area contributed by atoms with Gasteiger partial charge in [-0.05, 0) is 37.0 Å². The maximum atomic E-state index is 12.4. The van der Waals surface area contributed by atoms with Crippen molar-refractivity contribution in [3.05, 3.63) is 83.3 Å². The maximum Gasteiger partial charge on any atom is 0.275 e. The zero-order chi connectivity index (χ0) is 18.4. The molecule has 0 aliphatic carbocycles. The van der Waals surface area contributed by atoms with Gasteiger partial charge in [0.2, 0.25) is 0 Å². The van der Waals surface area contributed by atoms with E-state index in [4.69, 9.17) is 0 Å². The SMILES string of the molecule is Cc1cccc(C)c1NC(=O)c1cnc(NCCc2ccccc2)cn1. The Morgan fingerprint density at radius 3 is 2.31 bits per heavy atom. The average molecular weight is 346 g/mol. The predicted molar refractivity (Wildman–Crippen MR) is 105 cm³/mol. The van der Waals surface area contributed by atoms with Gasteiger partial charge >= 0.3 is 0 Å². The lowest BCUT2D eigenvalue weighted by molar-refractivity contribution is 0.102. The lowest BCUT2D eigenvalue weighted by Crippen LogP contribution is -2.16. The van der Waals surface area contributed by atoms with Crippen LogP contribution in [-0.2, 0) is 6.42 Å². The van der Waals surface area contributed by atoms with Crippen molar-refractivity contribution in [3.8, 4) is 0 Å². The molecule has 1 aromatic heterocycles. The van der Waals surface area contributed by atoms with Crippen LogP contribution < -0.4 is 10.6 Å². The Morgan fingerprint density at radius 2 is 1.65 bits per heavy atom. The van der Waals surface area contributed by atoms with E-state index in [9.17, 15) is 4.79 Å². The number of para-hydroxylation sites is 1. The fourth-order valence-corrected chi connectivity index (χ4v) is 2.71. The normalized spacial score (nSPS) is 10.4. The predicted octanol–water partition coefficient (Wildman–Crippen LogP) is 4.00. The molecule has 0 saturated heterocycles. The molecule has 0 fully saturated rings. The molecule has 3 rings (SSSR count). The number of hydrogen-bond acceptors (Lipinski definition) is 4. The molecular weight excluding hydrogens is 324 g/mol. The number of aryl methyl sites for hydroxylation is 2. The molecule has 3 aromatic rings. The molecule has 2 aromatic carbocycles. The van der Waals surface area contributed by atoms with Crippen LogP contribution in [0.3, 0.4) is 0 Å². The van der Waals surface area contributed by atoms with Crippen LogP contribution in [0.4, 0.5) is 11.5 Å². The highest BCUT2D eigenvalue weighted by atomic mass is 16.1. The number of rotatable bonds is 6. The molecule has 1 amide bonds. The van der Waals surface area contributed by atoms with Gasteiger partial charge in [-0.2, -0.15) is 0 Å². The van der Waals surface area contributed by atoms with Gasteiger partial charge in [0.1, 0.15) is 11.5 Å². The van der Waals surface area contributed by atoms with Crippen molar-refractivity contribution in [2.75, 3.05) is 17.2 Å². The third-order valence-electron chi connectivity index (χ3n) is 4.17. The number of nitrogens with one attached hydrogen (secondary N) is 2. The lowest BCUT2D eigenvalue weighted by atomic mass is 10.1. The molecule has 0 aliphatic heterocycles. The number of benzene rings is 2. The van der Waals surface area contributed by atoms with Gasteiger partial charge in [-0.3, -0.25) is 4.79 Å². The van der Waals surface area contributed by atoms with E-state index >= 15 is 0 Å². The number of anilines is 2. The summed E-state index contributed by atoms with van der Waals surface area (Å²) in [7, 11) is 0. The Kier molecular flexibility index (Phi) is 5.59. The van der Waals surface area contributed by atoms with E-state index in [1.54, 1.807) is 6.20 Å². The molecule has 0 spiro atoms. The van der Waals surface area contributed by atoms with E-state index in [0.29, 0.717) is 11.5 Å². The number of carbonyl (C=O) groups is 1. The molecule has 0 unspecified atom stereocenters. The van der Waals surface area contributed by atoms with E-state index in [2.05, 4.69) is 32.7 Å². The van der Waals surface area contributed by atoms with E-state index in [1.165, 1.54) is 11.8 Å². The standard InChI is InChI=1S/C21H22N4O/c1-15-7-6-8-16(2)20(15)25-21(26)18-13-24-19(14-23-18)22-12-11-17-9-4-3-5-10-17/h3-10,13-14H,11-12H2,1-2H3,(H,22,24)(H,25,26). The first kappa shape index (κ1) is 17.6. The van der Waals surface area contributed by atoms with E-state index in [-0.39, 0.29) is 5.91 Å². The van der Waals surface area contributed by atoms with Crippen LogP contribution in [0, 0.1) is 13.8 Å². The van der Waals surface area contributed by atoms with Crippen molar-refractivity contribution in [3.63, 3.8) is 0 Å². The van der Waals surface area contributed by atoms with Crippen LogP contribution in [0.1, 0.15) is 27.2 Å². The van der Waals surface area contributed by atoms with Crippen LogP contribution >= 0.6 is 0 Å². The van der Waals surface area contributed by atoms with Crippen molar-refractivity contribution in [1.29, 1.82) is 0 Å². The summed E-state index contributed by atoms with van der Waals surface area (Å²) in [5.74, 6) is 0.398. The molecule has 5 nitrogen and oxygen atoms in total. The lowest BCUT2D eigenvalue weighted by Gasteiger charge is -2.11. The van der Waals surface area contributed by atoms with Crippen LogP contribution in [0.2, 0.25) is 0 Å². The first-order valence-electron chi connectivity index (χ1n) is 8.61. The highest BCUT2D eigenvalue weighted by Crippen LogP contribution is 2.20. The molecular formula is C21H22N4O.